The molecular formula is C9H7BrFNO. The molecule has 0 amide bonds. The van der Waals surface area contributed by atoms with Gasteiger partial charge in [-0.3, -0.25) is 0 Å². The lowest BCUT2D eigenvalue weighted by Gasteiger charge is -2.08. The van der Waals surface area contributed by atoms with Gasteiger partial charge < -0.3 is 4.74 Å². The second kappa shape index (κ2) is 4.24. The smallest absolute Gasteiger partial charge is 0.181 e. The second-order valence-corrected chi connectivity index (χ2v) is 3.38. The minimum absolute atomic E-state index is 0.0865. The highest BCUT2D eigenvalue weighted by Crippen LogP contribution is 2.22. The summed E-state index contributed by atoms with van der Waals surface area (Å²) >= 11 is 3.18. The molecule has 0 bridgehead atoms. The Balaban J connectivity index is 2.88. The van der Waals surface area contributed by atoms with E-state index in [1.165, 1.54) is 12.1 Å². The molecule has 0 saturated carbocycles. The van der Waals surface area contributed by atoms with Gasteiger partial charge in [0, 0.05) is 4.47 Å². The quantitative estimate of drug-likeness (QED) is 0.801. The average molecular weight is 244 g/mol. The highest BCUT2D eigenvalue weighted by Gasteiger charge is 2.07. The van der Waals surface area contributed by atoms with E-state index in [2.05, 4.69) is 15.9 Å². The third-order valence-electron chi connectivity index (χ3n) is 1.38. The van der Waals surface area contributed by atoms with Gasteiger partial charge in [-0.25, -0.2) is 4.39 Å². The number of hydrogen-bond donors (Lipinski definition) is 0. The number of nitrogens with zero attached hydrogens (tertiary/aromatic N) is 1. The standard InChI is InChI=1S/C9H7BrFNO/c1-6(5-12)13-9-4-7(10)2-3-8(9)11/h2-4,6H,1H3. The van der Waals surface area contributed by atoms with E-state index >= 15 is 0 Å². The van der Waals surface area contributed by atoms with E-state index in [9.17, 15) is 4.39 Å². The number of nitriles is 1. The Bertz CT molecular complexity index is 348. The fourth-order valence-electron chi connectivity index (χ4n) is 0.784. The van der Waals surface area contributed by atoms with Crippen LogP contribution in [-0.4, -0.2) is 6.10 Å². The molecular weight excluding hydrogens is 237 g/mol. The molecule has 1 aromatic carbocycles. The molecule has 1 unspecified atom stereocenters. The van der Waals surface area contributed by atoms with Gasteiger partial charge in [-0.1, -0.05) is 15.9 Å². The molecule has 0 fully saturated rings. The Kier molecular flexibility index (Phi) is 3.26. The highest BCUT2D eigenvalue weighted by molar-refractivity contribution is 9.10. The lowest BCUT2D eigenvalue weighted by atomic mass is 10.3. The average Bonchev–Trinajstić information content (AvgIpc) is 2.11. The summed E-state index contributed by atoms with van der Waals surface area (Å²) in [7, 11) is 0. The number of rotatable bonds is 2. The molecule has 13 heavy (non-hydrogen) atoms. The van der Waals surface area contributed by atoms with Crippen LogP contribution in [0.5, 0.6) is 5.75 Å². The van der Waals surface area contributed by atoms with Crippen molar-refractivity contribution in [3.05, 3.63) is 28.5 Å². The molecule has 0 spiro atoms. The van der Waals surface area contributed by atoms with E-state index in [-0.39, 0.29) is 5.75 Å². The van der Waals surface area contributed by atoms with Gasteiger partial charge in [0.15, 0.2) is 17.7 Å². The van der Waals surface area contributed by atoms with Crippen LogP contribution in [0.4, 0.5) is 4.39 Å². The summed E-state index contributed by atoms with van der Waals surface area (Å²) in [5.41, 5.74) is 0. The molecule has 0 N–H and O–H groups in total. The molecule has 1 aromatic rings. The SMILES string of the molecule is CC(C#N)Oc1cc(Br)ccc1F. The van der Waals surface area contributed by atoms with Crippen LogP contribution in [0, 0.1) is 17.1 Å². The van der Waals surface area contributed by atoms with Gasteiger partial charge >= 0.3 is 0 Å². The van der Waals surface area contributed by atoms with Crippen LogP contribution in [0.2, 0.25) is 0 Å². The van der Waals surface area contributed by atoms with Gasteiger partial charge in [0.1, 0.15) is 6.07 Å². The first-order valence-corrected chi connectivity index (χ1v) is 4.44. The van der Waals surface area contributed by atoms with Crippen molar-refractivity contribution >= 4 is 15.9 Å². The maximum atomic E-state index is 13.0. The summed E-state index contributed by atoms with van der Waals surface area (Å²) in [4.78, 5) is 0. The van der Waals surface area contributed by atoms with Crippen molar-refractivity contribution in [3.63, 3.8) is 0 Å². The van der Waals surface area contributed by atoms with Crippen LogP contribution in [0.25, 0.3) is 0 Å². The molecule has 0 aliphatic carbocycles. The van der Waals surface area contributed by atoms with Crippen LogP contribution in [-0.2, 0) is 0 Å². The molecule has 4 heteroatoms. The Hall–Kier alpha value is -1.08. The van der Waals surface area contributed by atoms with Crippen molar-refractivity contribution in [2.75, 3.05) is 0 Å². The summed E-state index contributed by atoms with van der Waals surface area (Å²) < 4.78 is 18.7. The van der Waals surface area contributed by atoms with Gasteiger partial charge in [0.25, 0.3) is 0 Å². The summed E-state index contributed by atoms with van der Waals surface area (Å²) in [6.45, 7) is 1.56. The minimum atomic E-state index is -0.649. The number of benzene rings is 1. The molecule has 0 heterocycles. The number of hydrogen-bond acceptors (Lipinski definition) is 2. The third kappa shape index (κ3) is 2.71. The summed E-state index contributed by atoms with van der Waals surface area (Å²) in [5.74, 6) is -0.381. The van der Waals surface area contributed by atoms with Crippen LogP contribution >= 0.6 is 15.9 Å². The van der Waals surface area contributed by atoms with E-state index < -0.39 is 11.9 Å². The fourth-order valence-corrected chi connectivity index (χ4v) is 1.12. The first-order chi connectivity index (χ1) is 6.13. The zero-order chi connectivity index (χ0) is 9.84. The van der Waals surface area contributed by atoms with Crippen LogP contribution in [0.3, 0.4) is 0 Å². The van der Waals surface area contributed by atoms with Crippen LogP contribution in [0.1, 0.15) is 6.92 Å². The van der Waals surface area contributed by atoms with Crippen molar-refractivity contribution in [2.45, 2.75) is 13.0 Å². The van der Waals surface area contributed by atoms with E-state index in [0.717, 1.165) is 0 Å². The van der Waals surface area contributed by atoms with Crippen molar-refractivity contribution in [2.24, 2.45) is 0 Å². The van der Waals surface area contributed by atoms with Gasteiger partial charge in [-0.2, -0.15) is 5.26 Å². The molecule has 0 saturated heterocycles. The van der Waals surface area contributed by atoms with E-state index in [0.29, 0.717) is 4.47 Å². The molecule has 0 aliphatic heterocycles. The van der Waals surface area contributed by atoms with Gasteiger partial charge in [-0.15, -0.1) is 0 Å². The molecule has 1 atom stereocenters. The van der Waals surface area contributed by atoms with Gasteiger partial charge in [0.05, 0.1) is 0 Å². The fraction of sp³-hybridized carbons (Fsp3) is 0.222. The predicted molar refractivity (Wildman–Crippen MR) is 49.8 cm³/mol. The highest BCUT2D eigenvalue weighted by atomic mass is 79.9. The molecule has 2 nitrogen and oxygen atoms in total. The second-order valence-electron chi connectivity index (χ2n) is 2.46. The predicted octanol–water partition coefficient (Wildman–Crippen LogP) is 2.88. The zero-order valence-electron chi connectivity index (χ0n) is 6.92. The Labute approximate surface area is 84.1 Å². The number of ether oxygens (including phenoxy) is 1. The van der Waals surface area contributed by atoms with Crippen molar-refractivity contribution < 1.29 is 9.13 Å². The summed E-state index contributed by atoms with van der Waals surface area (Å²) in [6.07, 6.45) is -0.649. The molecule has 68 valence electrons. The minimum Gasteiger partial charge on any atom is -0.473 e. The Morgan fingerprint density at radius 3 is 2.92 bits per heavy atom. The lowest BCUT2D eigenvalue weighted by molar-refractivity contribution is 0.263. The van der Waals surface area contributed by atoms with Gasteiger partial charge in [-0.05, 0) is 25.1 Å². The lowest BCUT2D eigenvalue weighted by Crippen LogP contribution is -2.09. The van der Waals surface area contributed by atoms with E-state index in [1.54, 1.807) is 13.0 Å². The molecule has 0 aromatic heterocycles. The van der Waals surface area contributed by atoms with Crippen molar-refractivity contribution in [3.8, 4) is 11.8 Å². The summed E-state index contributed by atoms with van der Waals surface area (Å²) in [5, 5.41) is 8.45. The Morgan fingerprint density at radius 2 is 2.31 bits per heavy atom. The molecule has 1 rings (SSSR count). The van der Waals surface area contributed by atoms with Crippen molar-refractivity contribution in [1.29, 1.82) is 5.26 Å². The largest absolute Gasteiger partial charge is 0.473 e. The van der Waals surface area contributed by atoms with E-state index in [1.807, 2.05) is 6.07 Å². The third-order valence-corrected chi connectivity index (χ3v) is 1.87. The normalized spacial score (nSPS) is 11.8. The van der Waals surface area contributed by atoms with Crippen molar-refractivity contribution in [1.82, 2.24) is 0 Å². The topological polar surface area (TPSA) is 33.0 Å². The van der Waals surface area contributed by atoms with E-state index in [4.69, 9.17) is 10.00 Å². The molecule has 0 radical (unpaired) electrons. The monoisotopic (exact) mass is 243 g/mol. The summed E-state index contributed by atoms with van der Waals surface area (Å²) in [6, 6.07) is 6.20. The first-order valence-electron chi connectivity index (χ1n) is 3.65. The molecule has 0 aliphatic rings. The zero-order valence-corrected chi connectivity index (χ0v) is 8.51. The van der Waals surface area contributed by atoms with Crippen LogP contribution in [0.15, 0.2) is 22.7 Å². The van der Waals surface area contributed by atoms with Crippen LogP contribution < -0.4 is 4.74 Å². The maximum absolute atomic E-state index is 13.0. The number of halogens is 2. The van der Waals surface area contributed by atoms with Gasteiger partial charge in [0.2, 0.25) is 0 Å². The first kappa shape index (κ1) is 10.0. The Morgan fingerprint density at radius 1 is 1.62 bits per heavy atom. The maximum Gasteiger partial charge on any atom is 0.181 e.